The van der Waals surface area contributed by atoms with Crippen molar-refractivity contribution in [2.75, 3.05) is 0 Å². The van der Waals surface area contributed by atoms with Gasteiger partial charge in [-0.2, -0.15) is 0 Å². The molecule has 0 aliphatic carbocycles. The second kappa shape index (κ2) is 10.3. The average Bonchev–Trinajstić information content (AvgIpc) is 3.29. The molecule has 1 fully saturated rings. The number of hydrogen-bond acceptors (Lipinski definition) is 1. The molecule has 3 heteroatoms. The van der Waals surface area contributed by atoms with Gasteiger partial charge in [-0.3, -0.25) is 0 Å². The van der Waals surface area contributed by atoms with Crippen molar-refractivity contribution >= 4 is 27.6 Å². The first-order valence-electron chi connectivity index (χ1n) is 13.9. The summed E-state index contributed by atoms with van der Waals surface area (Å²) in [5.74, 6) is 0. The van der Waals surface area contributed by atoms with Crippen molar-refractivity contribution in [1.82, 2.24) is 9.80 Å². The summed E-state index contributed by atoms with van der Waals surface area (Å²) < 4.78 is 0. The van der Waals surface area contributed by atoms with E-state index in [9.17, 15) is 4.79 Å². The Balaban J connectivity index is 1.38. The van der Waals surface area contributed by atoms with Gasteiger partial charge >= 0.3 is 6.03 Å². The standard InChI is InChI=1S/C37H30N2O/c40-37-38(25-31-21-11-19-27-13-7-9-23-33(27)31)35(29-15-3-1-4-16-29)36(30-17-5-2-6-18-30)39(37)26-32-22-12-20-28-14-8-10-24-34(28)32/h1-24,35-36H,25-26H2/t35-,36-/m0/s1. The molecule has 0 N–H and O–H groups in total. The summed E-state index contributed by atoms with van der Waals surface area (Å²) in [6.45, 7) is 1.07. The number of hydrogen-bond donors (Lipinski definition) is 0. The van der Waals surface area contributed by atoms with E-state index in [1.165, 1.54) is 21.5 Å². The van der Waals surface area contributed by atoms with Crippen LogP contribution in [0.2, 0.25) is 0 Å². The summed E-state index contributed by atoms with van der Waals surface area (Å²) in [6.07, 6.45) is 0. The lowest BCUT2D eigenvalue weighted by atomic mass is 9.92. The summed E-state index contributed by atoms with van der Waals surface area (Å²) in [4.78, 5) is 18.8. The lowest BCUT2D eigenvalue weighted by molar-refractivity contribution is 0.181. The number of rotatable bonds is 6. The van der Waals surface area contributed by atoms with Crippen molar-refractivity contribution < 1.29 is 4.79 Å². The minimum atomic E-state index is -0.134. The fourth-order valence-corrected chi connectivity index (χ4v) is 6.33. The smallest absolute Gasteiger partial charge is 0.311 e. The molecule has 0 spiro atoms. The number of fused-ring (bicyclic) bond motifs is 2. The highest BCUT2D eigenvalue weighted by Gasteiger charge is 2.47. The Morgan fingerprint density at radius 3 is 1.25 bits per heavy atom. The predicted octanol–water partition coefficient (Wildman–Crippen LogP) is 8.91. The number of carbonyl (C=O) groups excluding carboxylic acids is 1. The minimum absolute atomic E-state index is 0.0589. The molecule has 0 radical (unpaired) electrons. The van der Waals surface area contributed by atoms with Crippen LogP contribution in [0.4, 0.5) is 4.79 Å². The fourth-order valence-electron chi connectivity index (χ4n) is 6.33. The molecular formula is C37H30N2O. The van der Waals surface area contributed by atoms with Crippen LogP contribution in [-0.2, 0) is 13.1 Å². The first kappa shape index (κ1) is 24.2. The van der Waals surface area contributed by atoms with E-state index in [0.29, 0.717) is 13.1 Å². The number of benzene rings is 6. The molecule has 1 aliphatic heterocycles. The van der Waals surface area contributed by atoms with E-state index in [1.54, 1.807) is 0 Å². The molecule has 40 heavy (non-hydrogen) atoms. The fraction of sp³-hybridized carbons (Fsp3) is 0.108. The average molecular weight is 519 g/mol. The Morgan fingerprint density at radius 2 is 0.800 bits per heavy atom. The minimum Gasteiger partial charge on any atom is -0.311 e. The van der Waals surface area contributed by atoms with Gasteiger partial charge < -0.3 is 9.80 Å². The van der Waals surface area contributed by atoms with Gasteiger partial charge in [-0.1, -0.05) is 146 Å². The van der Waals surface area contributed by atoms with Crippen LogP contribution in [-0.4, -0.2) is 15.8 Å². The van der Waals surface area contributed by atoms with E-state index in [-0.39, 0.29) is 18.1 Å². The maximum atomic E-state index is 14.6. The second-order valence-electron chi connectivity index (χ2n) is 10.5. The van der Waals surface area contributed by atoms with Gasteiger partial charge in [0.25, 0.3) is 0 Å². The molecule has 6 aromatic rings. The highest BCUT2D eigenvalue weighted by Crippen LogP contribution is 2.47. The van der Waals surface area contributed by atoms with E-state index < -0.39 is 0 Å². The summed E-state index contributed by atoms with van der Waals surface area (Å²) in [5, 5.41) is 4.76. The van der Waals surface area contributed by atoms with E-state index in [4.69, 9.17) is 0 Å². The van der Waals surface area contributed by atoms with Crippen LogP contribution in [0, 0.1) is 0 Å². The maximum Gasteiger partial charge on any atom is 0.321 e. The van der Waals surface area contributed by atoms with Gasteiger partial charge in [-0.05, 0) is 43.8 Å². The van der Waals surface area contributed by atoms with Crippen LogP contribution in [0.5, 0.6) is 0 Å². The Hall–Kier alpha value is -4.89. The molecule has 0 aromatic heterocycles. The highest BCUT2D eigenvalue weighted by atomic mass is 16.2. The molecular weight excluding hydrogens is 488 g/mol. The van der Waals surface area contributed by atoms with Crippen LogP contribution in [0.15, 0.2) is 146 Å². The molecule has 7 rings (SSSR count). The SMILES string of the molecule is O=C1N(Cc2cccc3ccccc23)[C@@H](c2ccccc2)[C@H](c2ccccc2)N1Cc1cccc2ccccc12. The first-order chi connectivity index (χ1) is 19.8. The molecule has 1 saturated heterocycles. The van der Waals surface area contributed by atoms with Crippen LogP contribution >= 0.6 is 0 Å². The quantitative estimate of drug-likeness (QED) is 0.216. The third-order valence-electron chi connectivity index (χ3n) is 8.19. The Kier molecular flexibility index (Phi) is 6.25. The molecule has 194 valence electrons. The Bertz CT molecular complexity index is 1650. The second-order valence-corrected chi connectivity index (χ2v) is 10.5. The van der Waals surface area contributed by atoms with Crippen LogP contribution < -0.4 is 0 Å². The van der Waals surface area contributed by atoms with Crippen molar-refractivity contribution in [2.45, 2.75) is 25.2 Å². The molecule has 2 atom stereocenters. The molecule has 2 amide bonds. The largest absolute Gasteiger partial charge is 0.321 e. The van der Waals surface area contributed by atoms with Crippen molar-refractivity contribution in [2.24, 2.45) is 0 Å². The zero-order valence-electron chi connectivity index (χ0n) is 22.2. The van der Waals surface area contributed by atoms with Crippen LogP contribution in [0.25, 0.3) is 21.5 Å². The van der Waals surface area contributed by atoms with Crippen molar-refractivity contribution in [3.63, 3.8) is 0 Å². The zero-order valence-corrected chi connectivity index (χ0v) is 22.2. The van der Waals surface area contributed by atoms with Gasteiger partial charge in [-0.15, -0.1) is 0 Å². The normalized spacial score (nSPS) is 17.1. The maximum absolute atomic E-state index is 14.6. The molecule has 1 heterocycles. The van der Waals surface area contributed by atoms with Gasteiger partial charge in [0.1, 0.15) is 0 Å². The Morgan fingerprint density at radius 1 is 0.425 bits per heavy atom. The van der Waals surface area contributed by atoms with E-state index >= 15 is 0 Å². The van der Waals surface area contributed by atoms with Crippen molar-refractivity contribution in [3.8, 4) is 0 Å². The monoisotopic (exact) mass is 518 g/mol. The summed E-state index contributed by atoms with van der Waals surface area (Å²) in [7, 11) is 0. The highest BCUT2D eigenvalue weighted by molar-refractivity contribution is 5.88. The van der Waals surface area contributed by atoms with E-state index in [1.807, 2.05) is 12.1 Å². The molecule has 3 nitrogen and oxygen atoms in total. The molecule has 0 unspecified atom stereocenters. The van der Waals surface area contributed by atoms with Gasteiger partial charge in [0.2, 0.25) is 0 Å². The van der Waals surface area contributed by atoms with Crippen molar-refractivity contribution in [3.05, 3.63) is 168 Å². The third-order valence-corrected chi connectivity index (χ3v) is 8.19. The molecule has 1 aliphatic rings. The number of carbonyl (C=O) groups is 1. The van der Waals surface area contributed by atoms with Gasteiger partial charge in [0.05, 0.1) is 12.1 Å². The van der Waals surface area contributed by atoms with Gasteiger partial charge in [0, 0.05) is 13.1 Å². The summed E-state index contributed by atoms with van der Waals surface area (Å²) in [5.41, 5.74) is 4.60. The summed E-state index contributed by atoms with van der Waals surface area (Å²) >= 11 is 0. The molecule has 0 bridgehead atoms. The number of urea groups is 1. The molecule has 6 aromatic carbocycles. The predicted molar refractivity (Wildman–Crippen MR) is 163 cm³/mol. The lowest BCUT2D eigenvalue weighted by Gasteiger charge is -2.29. The zero-order chi connectivity index (χ0) is 26.9. The number of nitrogens with zero attached hydrogens (tertiary/aromatic N) is 2. The van der Waals surface area contributed by atoms with Gasteiger partial charge in [0.15, 0.2) is 0 Å². The number of amides is 2. The van der Waals surface area contributed by atoms with Crippen molar-refractivity contribution in [1.29, 1.82) is 0 Å². The van der Waals surface area contributed by atoms with Crippen LogP contribution in [0.3, 0.4) is 0 Å². The third kappa shape index (κ3) is 4.30. The lowest BCUT2D eigenvalue weighted by Crippen LogP contribution is -2.32. The van der Waals surface area contributed by atoms with E-state index in [2.05, 4.69) is 143 Å². The first-order valence-corrected chi connectivity index (χ1v) is 13.9. The molecule has 0 saturated carbocycles. The van der Waals surface area contributed by atoms with Gasteiger partial charge in [-0.25, -0.2) is 4.79 Å². The Labute approximate surface area is 234 Å². The topological polar surface area (TPSA) is 23.6 Å². The van der Waals surface area contributed by atoms with Crippen LogP contribution in [0.1, 0.15) is 34.3 Å². The van der Waals surface area contributed by atoms with E-state index in [0.717, 1.165) is 22.3 Å². The summed E-state index contributed by atoms with van der Waals surface area (Å²) in [6, 6.07) is 50.5.